The first-order valence-corrected chi connectivity index (χ1v) is 14.0. The molecule has 3 heterocycles. The van der Waals surface area contributed by atoms with Crippen molar-refractivity contribution in [2.45, 2.75) is 44.7 Å². The third-order valence-electron chi connectivity index (χ3n) is 7.96. The van der Waals surface area contributed by atoms with Crippen molar-refractivity contribution < 1.29 is 23.5 Å². The van der Waals surface area contributed by atoms with Gasteiger partial charge in [-0.05, 0) is 49.9 Å². The second-order valence-corrected chi connectivity index (χ2v) is 10.8. The van der Waals surface area contributed by atoms with Gasteiger partial charge in [0.1, 0.15) is 17.7 Å². The van der Waals surface area contributed by atoms with Gasteiger partial charge >= 0.3 is 0 Å². The normalized spacial score (nSPS) is 17.6. The molecule has 2 fully saturated rings. The number of likely N-dealkylation sites (tertiary alicyclic amines) is 1. The standard InChI is InChI=1S/C29H34ClFN6O4/c1-17(38)37-11-5-6-24(37)28(39)35(2)19-9-12-36(13-10-19)29-33-23-16-26(41-4)25(40-3)15-20(23)27(34-29)32-22-8-7-18(30)14-21(22)31/h7-8,14-16,19,24H,5-6,9-13H2,1-4H3,(H,32,33,34)/t24-/m0/s1. The Labute approximate surface area is 243 Å². The quantitative estimate of drug-likeness (QED) is 0.429. The average Bonchev–Trinajstić information content (AvgIpc) is 3.47. The van der Waals surface area contributed by atoms with Crippen LogP contribution in [0, 0.1) is 5.82 Å². The van der Waals surface area contributed by atoms with Crippen LogP contribution in [0.25, 0.3) is 10.9 Å². The number of anilines is 3. The molecule has 218 valence electrons. The highest BCUT2D eigenvalue weighted by Crippen LogP contribution is 2.37. The van der Waals surface area contributed by atoms with Gasteiger partial charge in [-0.3, -0.25) is 9.59 Å². The number of halogens is 2. The average molecular weight is 585 g/mol. The van der Waals surface area contributed by atoms with Crippen molar-refractivity contribution >= 4 is 51.8 Å². The lowest BCUT2D eigenvalue weighted by molar-refractivity contribution is -0.143. The van der Waals surface area contributed by atoms with Crippen LogP contribution >= 0.6 is 11.6 Å². The summed E-state index contributed by atoms with van der Waals surface area (Å²) in [7, 11) is 4.92. The van der Waals surface area contributed by atoms with Crippen molar-refractivity contribution in [1.82, 2.24) is 19.8 Å². The molecule has 5 rings (SSSR count). The van der Waals surface area contributed by atoms with Crippen LogP contribution in [-0.2, 0) is 9.59 Å². The maximum Gasteiger partial charge on any atom is 0.245 e. The number of hydrogen-bond donors (Lipinski definition) is 1. The van der Waals surface area contributed by atoms with E-state index >= 15 is 0 Å². The first-order chi connectivity index (χ1) is 19.7. The fourth-order valence-corrected chi connectivity index (χ4v) is 5.83. The summed E-state index contributed by atoms with van der Waals surface area (Å²) in [6.45, 7) is 3.39. The zero-order valence-corrected chi connectivity index (χ0v) is 24.4. The van der Waals surface area contributed by atoms with Crippen LogP contribution in [0.2, 0.25) is 5.02 Å². The van der Waals surface area contributed by atoms with E-state index in [1.54, 1.807) is 48.3 Å². The molecule has 0 bridgehead atoms. The van der Waals surface area contributed by atoms with Crippen molar-refractivity contribution in [3.8, 4) is 11.5 Å². The van der Waals surface area contributed by atoms with E-state index in [9.17, 15) is 14.0 Å². The minimum absolute atomic E-state index is 0.00405. The molecule has 1 atom stereocenters. The van der Waals surface area contributed by atoms with Gasteiger partial charge in [0.15, 0.2) is 11.5 Å². The third-order valence-corrected chi connectivity index (χ3v) is 8.19. The van der Waals surface area contributed by atoms with Crippen molar-refractivity contribution in [3.63, 3.8) is 0 Å². The minimum atomic E-state index is -0.509. The fourth-order valence-electron chi connectivity index (χ4n) is 5.67. The van der Waals surface area contributed by atoms with Gasteiger partial charge in [0.2, 0.25) is 17.8 Å². The van der Waals surface area contributed by atoms with Crippen LogP contribution < -0.4 is 19.7 Å². The van der Waals surface area contributed by atoms with Crippen LogP contribution in [0.5, 0.6) is 11.5 Å². The maximum atomic E-state index is 14.7. The zero-order chi connectivity index (χ0) is 29.3. The molecule has 2 amide bonds. The van der Waals surface area contributed by atoms with E-state index in [-0.39, 0.29) is 29.6 Å². The molecule has 0 spiro atoms. The van der Waals surface area contributed by atoms with E-state index in [1.807, 2.05) is 7.05 Å². The number of aromatic nitrogens is 2. The Balaban J connectivity index is 1.40. The monoisotopic (exact) mass is 584 g/mol. The summed E-state index contributed by atoms with van der Waals surface area (Å²) in [6.07, 6.45) is 2.98. The Morgan fingerprint density at radius 3 is 2.41 bits per heavy atom. The molecule has 2 saturated heterocycles. The molecular weight excluding hydrogens is 551 g/mol. The number of hydrogen-bond acceptors (Lipinski definition) is 8. The molecule has 2 aromatic carbocycles. The second kappa shape index (κ2) is 11.9. The van der Waals surface area contributed by atoms with Gasteiger partial charge in [0, 0.05) is 56.1 Å². The van der Waals surface area contributed by atoms with Crippen molar-refractivity contribution in [1.29, 1.82) is 0 Å². The maximum absolute atomic E-state index is 14.7. The first-order valence-electron chi connectivity index (χ1n) is 13.6. The summed E-state index contributed by atoms with van der Waals surface area (Å²) in [5.41, 5.74) is 0.824. The van der Waals surface area contributed by atoms with E-state index in [0.717, 1.165) is 19.3 Å². The summed E-state index contributed by atoms with van der Waals surface area (Å²) < 4.78 is 25.7. The van der Waals surface area contributed by atoms with Gasteiger partial charge in [0.05, 0.1) is 25.4 Å². The summed E-state index contributed by atoms with van der Waals surface area (Å²) in [6, 6.07) is 7.58. The summed E-state index contributed by atoms with van der Waals surface area (Å²) in [5.74, 6) is 1.32. The van der Waals surface area contributed by atoms with Crippen LogP contribution in [0.1, 0.15) is 32.6 Å². The molecule has 41 heavy (non-hydrogen) atoms. The molecular formula is C29H34ClFN6O4. The predicted molar refractivity (Wildman–Crippen MR) is 156 cm³/mol. The molecule has 0 unspecified atom stereocenters. The van der Waals surface area contributed by atoms with Gasteiger partial charge < -0.3 is 29.5 Å². The van der Waals surface area contributed by atoms with E-state index < -0.39 is 5.82 Å². The number of piperidine rings is 1. The number of likely N-dealkylation sites (N-methyl/N-ethyl adjacent to an activating group) is 1. The number of methoxy groups -OCH3 is 2. The van der Waals surface area contributed by atoms with E-state index in [1.165, 1.54) is 13.0 Å². The van der Waals surface area contributed by atoms with Crippen molar-refractivity contribution in [2.75, 3.05) is 51.1 Å². The molecule has 0 aliphatic carbocycles. The molecule has 12 heteroatoms. The zero-order valence-electron chi connectivity index (χ0n) is 23.6. The predicted octanol–water partition coefficient (Wildman–Crippen LogP) is 4.62. The van der Waals surface area contributed by atoms with Gasteiger partial charge in [-0.25, -0.2) is 9.37 Å². The lowest BCUT2D eigenvalue weighted by Gasteiger charge is -2.38. The topological polar surface area (TPSA) is 100 Å². The largest absolute Gasteiger partial charge is 0.493 e. The number of fused-ring (bicyclic) bond motifs is 1. The number of ether oxygens (including phenoxy) is 2. The Hall–Kier alpha value is -3.86. The molecule has 2 aliphatic rings. The Bertz CT molecular complexity index is 1460. The van der Waals surface area contributed by atoms with Crippen LogP contribution in [0.3, 0.4) is 0 Å². The smallest absolute Gasteiger partial charge is 0.245 e. The highest BCUT2D eigenvalue weighted by Gasteiger charge is 2.37. The number of nitrogens with zero attached hydrogens (tertiary/aromatic N) is 5. The first kappa shape index (κ1) is 28.7. The van der Waals surface area contributed by atoms with Crippen LogP contribution in [-0.4, -0.2) is 84.6 Å². The minimum Gasteiger partial charge on any atom is -0.493 e. The van der Waals surface area contributed by atoms with Gasteiger partial charge in [-0.1, -0.05) is 11.6 Å². The van der Waals surface area contributed by atoms with Gasteiger partial charge in [0.25, 0.3) is 0 Å². The number of rotatable bonds is 7. The summed E-state index contributed by atoms with van der Waals surface area (Å²) in [5, 5.41) is 4.03. The highest BCUT2D eigenvalue weighted by molar-refractivity contribution is 6.30. The Morgan fingerprint density at radius 2 is 1.76 bits per heavy atom. The number of nitrogens with one attached hydrogen (secondary N) is 1. The van der Waals surface area contributed by atoms with E-state index in [4.69, 9.17) is 31.0 Å². The molecule has 1 aromatic heterocycles. The number of amides is 2. The van der Waals surface area contributed by atoms with Crippen molar-refractivity contribution in [3.05, 3.63) is 41.2 Å². The SMILES string of the molecule is COc1cc2nc(N3CCC(N(C)C(=O)[C@@H]4CCCN4C(C)=O)CC3)nc(Nc3ccc(Cl)cc3F)c2cc1OC. The second-order valence-electron chi connectivity index (χ2n) is 10.4. The van der Waals surface area contributed by atoms with Gasteiger partial charge in [-0.2, -0.15) is 4.98 Å². The molecule has 2 aliphatic heterocycles. The van der Waals surface area contributed by atoms with Gasteiger partial charge in [-0.15, -0.1) is 0 Å². The number of benzene rings is 2. The number of carbonyl (C=O) groups is 2. The summed E-state index contributed by atoms with van der Waals surface area (Å²) in [4.78, 5) is 40.4. The molecule has 0 saturated carbocycles. The van der Waals surface area contributed by atoms with Crippen LogP contribution in [0.4, 0.5) is 21.8 Å². The van der Waals surface area contributed by atoms with E-state index in [0.29, 0.717) is 65.2 Å². The van der Waals surface area contributed by atoms with Crippen molar-refractivity contribution in [2.24, 2.45) is 0 Å². The molecule has 3 aromatic rings. The third kappa shape index (κ3) is 5.81. The molecule has 0 radical (unpaired) electrons. The lowest BCUT2D eigenvalue weighted by atomic mass is 10.0. The summed E-state index contributed by atoms with van der Waals surface area (Å²) >= 11 is 5.95. The molecule has 10 nitrogen and oxygen atoms in total. The fraction of sp³-hybridized carbons (Fsp3) is 0.448. The number of carbonyl (C=O) groups excluding carboxylic acids is 2. The highest BCUT2D eigenvalue weighted by atomic mass is 35.5. The Kier molecular flexibility index (Phi) is 8.35. The molecule has 1 N–H and O–H groups in total. The Morgan fingerprint density at radius 1 is 1.05 bits per heavy atom. The lowest BCUT2D eigenvalue weighted by Crippen LogP contribution is -2.52. The van der Waals surface area contributed by atoms with Crippen LogP contribution in [0.15, 0.2) is 30.3 Å². The van der Waals surface area contributed by atoms with E-state index in [2.05, 4.69) is 10.2 Å².